The van der Waals surface area contributed by atoms with Gasteiger partial charge >= 0.3 is 0 Å². The molecule has 2 aliphatic rings. The lowest BCUT2D eigenvalue weighted by atomic mass is 10.1. The minimum Gasteiger partial charge on any atom is -0.286 e. The molecule has 1 aliphatic heterocycles. The molecule has 0 fully saturated rings. The lowest BCUT2D eigenvalue weighted by Gasteiger charge is -2.26. The normalized spacial score (nSPS) is 16.0. The SMILES string of the molecule is C=C(/C(CC)=C1/SC(C(=O)c2ccccc2)=NN1c1ccccc1)N(/N=C/C1=CC=CCC=C1)c1ccccc1. The topological polar surface area (TPSA) is 48.3 Å². The van der Waals surface area contributed by atoms with Crippen LogP contribution in [0.4, 0.5) is 11.4 Å². The maximum atomic E-state index is 13.4. The first kappa shape index (κ1) is 26.9. The van der Waals surface area contributed by atoms with Crippen molar-refractivity contribution < 1.29 is 4.79 Å². The van der Waals surface area contributed by atoms with Crippen LogP contribution in [0.15, 0.2) is 160 Å². The number of ketones is 1. The molecule has 40 heavy (non-hydrogen) atoms. The second-order valence-electron chi connectivity index (χ2n) is 9.06. The van der Waals surface area contributed by atoms with Crippen molar-refractivity contribution in [1.29, 1.82) is 0 Å². The van der Waals surface area contributed by atoms with Crippen LogP contribution in [0.25, 0.3) is 0 Å². The van der Waals surface area contributed by atoms with E-state index in [-0.39, 0.29) is 5.78 Å². The first-order valence-electron chi connectivity index (χ1n) is 13.2. The van der Waals surface area contributed by atoms with E-state index >= 15 is 0 Å². The zero-order valence-corrected chi connectivity index (χ0v) is 23.2. The summed E-state index contributed by atoms with van der Waals surface area (Å²) in [5.74, 6) is -0.110. The van der Waals surface area contributed by atoms with Gasteiger partial charge in [-0.3, -0.25) is 4.79 Å². The molecule has 0 spiro atoms. The van der Waals surface area contributed by atoms with Crippen LogP contribution in [0, 0.1) is 0 Å². The maximum absolute atomic E-state index is 13.4. The summed E-state index contributed by atoms with van der Waals surface area (Å²) in [6.07, 6.45) is 13.8. The predicted molar refractivity (Wildman–Crippen MR) is 170 cm³/mol. The molecule has 0 saturated heterocycles. The Bertz CT molecular complexity index is 1550. The van der Waals surface area contributed by atoms with E-state index in [9.17, 15) is 4.79 Å². The number of benzene rings is 3. The van der Waals surface area contributed by atoms with Crippen molar-refractivity contribution in [3.8, 4) is 0 Å². The van der Waals surface area contributed by atoms with Crippen molar-refractivity contribution in [1.82, 2.24) is 0 Å². The molecular formula is C34H30N4OS. The number of hydrogen-bond donors (Lipinski definition) is 0. The van der Waals surface area contributed by atoms with Gasteiger partial charge in [-0.25, -0.2) is 10.0 Å². The average Bonchev–Trinajstić information content (AvgIpc) is 3.27. The Morgan fingerprint density at radius 1 is 1.00 bits per heavy atom. The summed E-state index contributed by atoms with van der Waals surface area (Å²) in [7, 11) is 0. The Morgan fingerprint density at radius 2 is 1.68 bits per heavy atom. The quantitative estimate of drug-likeness (QED) is 0.154. The van der Waals surface area contributed by atoms with Gasteiger partial charge in [-0.2, -0.15) is 10.2 Å². The Hall–Kier alpha value is -4.68. The first-order valence-corrected chi connectivity index (χ1v) is 14.0. The summed E-state index contributed by atoms with van der Waals surface area (Å²) in [6, 6.07) is 29.1. The van der Waals surface area contributed by atoms with Gasteiger partial charge in [0.1, 0.15) is 5.03 Å². The van der Waals surface area contributed by atoms with Crippen LogP contribution in [-0.2, 0) is 0 Å². The molecule has 6 heteroatoms. The fraction of sp³-hybridized carbons (Fsp3) is 0.0882. The van der Waals surface area contributed by atoms with Gasteiger partial charge in [0.25, 0.3) is 0 Å². The third-order valence-corrected chi connectivity index (χ3v) is 7.43. The van der Waals surface area contributed by atoms with Gasteiger partial charge < -0.3 is 0 Å². The zero-order chi connectivity index (χ0) is 27.7. The molecule has 0 aromatic heterocycles. The molecule has 3 aromatic rings. The van der Waals surface area contributed by atoms with Crippen LogP contribution in [0.5, 0.6) is 0 Å². The number of Topliss-reactive ketones (excluding diaryl/α,β-unsaturated/α-hetero) is 1. The zero-order valence-electron chi connectivity index (χ0n) is 22.4. The molecule has 1 aliphatic carbocycles. The molecule has 0 N–H and O–H groups in total. The summed E-state index contributed by atoms with van der Waals surface area (Å²) in [5, 5.41) is 14.7. The Balaban J connectivity index is 1.56. The van der Waals surface area contributed by atoms with Crippen molar-refractivity contribution in [3.05, 3.63) is 155 Å². The molecule has 1 heterocycles. The largest absolute Gasteiger partial charge is 0.286 e. The number of hydrazone groups is 2. The highest BCUT2D eigenvalue weighted by Gasteiger charge is 2.32. The van der Waals surface area contributed by atoms with Gasteiger partial charge in [-0.05, 0) is 54.4 Å². The number of carbonyl (C=O) groups is 1. The third-order valence-electron chi connectivity index (χ3n) is 6.35. The number of para-hydroxylation sites is 2. The van der Waals surface area contributed by atoms with Crippen molar-refractivity contribution in [3.63, 3.8) is 0 Å². The van der Waals surface area contributed by atoms with Gasteiger partial charge in [0.2, 0.25) is 5.78 Å². The predicted octanol–water partition coefficient (Wildman–Crippen LogP) is 8.51. The van der Waals surface area contributed by atoms with Gasteiger partial charge in [-0.1, -0.05) is 111 Å². The smallest absolute Gasteiger partial charge is 0.220 e. The van der Waals surface area contributed by atoms with E-state index < -0.39 is 0 Å². The van der Waals surface area contributed by atoms with Crippen LogP contribution in [0.1, 0.15) is 30.1 Å². The van der Waals surface area contributed by atoms with Gasteiger partial charge in [-0.15, -0.1) is 0 Å². The number of thioether (sulfide) groups is 1. The number of nitrogens with zero attached hydrogens (tertiary/aromatic N) is 4. The Labute approximate surface area is 239 Å². The number of hydrogen-bond acceptors (Lipinski definition) is 6. The van der Waals surface area contributed by atoms with Gasteiger partial charge in [0.15, 0.2) is 5.04 Å². The summed E-state index contributed by atoms with van der Waals surface area (Å²) in [4.78, 5) is 13.4. The van der Waals surface area contributed by atoms with Crippen molar-refractivity contribution in [2.24, 2.45) is 10.2 Å². The van der Waals surface area contributed by atoms with E-state index in [1.54, 1.807) is 0 Å². The lowest BCUT2D eigenvalue weighted by molar-refractivity contribution is 0.106. The van der Waals surface area contributed by atoms with Crippen LogP contribution >= 0.6 is 11.8 Å². The molecule has 0 bridgehead atoms. The molecule has 3 aromatic carbocycles. The molecule has 0 amide bonds. The Kier molecular flexibility index (Phi) is 8.69. The molecular weight excluding hydrogens is 512 g/mol. The summed E-state index contributed by atoms with van der Waals surface area (Å²) in [5.41, 5.74) is 5.02. The number of carbonyl (C=O) groups excluding carboxylic acids is 1. The fourth-order valence-corrected chi connectivity index (χ4v) is 5.44. The molecule has 0 atom stereocenters. The third kappa shape index (κ3) is 6.14. The van der Waals surface area contributed by atoms with Crippen LogP contribution in [-0.4, -0.2) is 17.0 Å². The van der Waals surface area contributed by atoms with E-state index in [0.29, 0.717) is 22.7 Å². The van der Waals surface area contributed by atoms with Crippen LogP contribution < -0.4 is 10.0 Å². The summed E-state index contributed by atoms with van der Waals surface area (Å²) in [6.45, 7) is 6.60. The van der Waals surface area contributed by atoms with Crippen LogP contribution in [0.3, 0.4) is 0 Å². The van der Waals surface area contributed by atoms with Crippen LogP contribution in [0.2, 0.25) is 0 Å². The number of anilines is 2. The highest BCUT2D eigenvalue weighted by atomic mass is 32.2. The number of allylic oxidation sites excluding steroid dienone is 7. The second-order valence-corrected chi connectivity index (χ2v) is 10.0. The Morgan fingerprint density at radius 3 is 2.38 bits per heavy atom. The molecule has 0 saturated carbocycles. The maximum Gasteiger partial charge on any atom is 0.220 e. The first-order chi connectivity index (χ1) is 19.7. The molecule has 0 unspecified atom stereocenters. The van der Waals surface area contributed by atoms with Gasteiger partial charge in [0, 0.05) is 11.1 Å². The standard InChI is InChI=1S/C34H30N4OS/c1-3-31(26(2)37(29-21-13-7-14-22-29)35-25-27-17-9-4-5-10-18-27)34-38(30-23-15-8-16-24-30)36-33(40-34)32(39)28-19-11-6-12-20-28/h4,6-25H,2-3,5H2,1H3/b34-31+,35-25+. The minimum absolute atomic E-state index is 0.110. The monoisotopic (exact) mass is 542 g/mol. The fourth-order valence-electron chi connectivity index (χ4n) is 4.30. The van der Waals surface area contributed by atoms with Crippen molar-refractivity contribution >= 4 is 40.2 Å². The van der Waals surface area contributed by atoms with E-state index in [0.717, 1.165) is 34.0 Å². The van der Waals surface area contributed by atoms with Crippen molar-refractivity contribution in [2.75, 3.05) is 10.0 Å². The summed E-state index contributed by atoms with van der Waals surface area (Å²) >= 11 is 1.37. The minimum atomic E-state index is -0.110. The van der Waals surface area contributed by atoms with E-state index in [2.05, 4.69) is 31.7 Å². The second kappa shape index (κ2) is 12.9. The highest BCUT2D eigenvalue weighted by Crippen LogP contribution is 2.41. The van der Waals surface area contributed by atoms with Gasteiger partial charge in [0.05, 0.1) is 23.3 Å². The highest BCUT2D eigenvalue weighted by molar-refractivity contribution is 8.19. The van der Waals surface area contributed by atoms with Crippen molar-refractivity contribution in [2.45, 2.75) is 19.8 Å². The number of rotatable bonds is 9. The van der Waals surface area contributed by atoms with E-state index in [1.807, 2.05) is 119 Å². The van der Waals surface area contributed by atoms with E-state index in [1.165, 1.54) is 11.8 Å². The molecule has 5 nitrogen and oxygen atoms in total. The average molecular weight is 543 g/mol. The summed E-state index contributed by atoms with van der Waals surface area (Å²) < 4.78 is 0. The molecule has 198 valence electrons. The molecule has 5 rings (SSSR count). The molecule has 0 radical (unpaired) electrons. The van der Waals surface area contributed by atoms with E-state index in [4.69, 9.17) is 10.2 Å². The lowest BCUT2D eigenvalue weighted by Crippen LogP contribution is -2.20.